The number of rotatable bonds is 1. The Morgan fingerprint density at radius 1 is 1.20 bits per heavy atom. The van der Waals surface area contributed by atoms with Crippen LogP contribution in [-0.2, 0) is 0 Å². The zero-order valence-electron chi connectivity index (χ0n) is 8.04. The van der Waals surface area contributed by atoms with Crippen LogP contribution in [0.25, 0.3) is 11.3 Å². The molecule has 2 aromatic rings. The highest BCUT2D eigenvalue weighted by molar-refractivity contribution is 6.34. The van der Waals surface area contributed by atoms with Crippen molar-refractivity contribution in [2.75, 3.05) is 0 Å². The van der Waals surface area contributed by atoms with E-state index in [-0.39, 0.29) is 0 Å². The minimum absolute atomic E-state index is 0.388. The van der Waals surface area contributed by atoms with E-state index in [4.69, 9.17) is 23.2 Å². The van der Waals surface area contributed by atoms with E-state index in [1.54, 1.807) is 12.3 Å². The van der Waals surface area contributed by atoms with Crippen LogP contribution < -0.4 is 0 Å². The van der Waals surface area contributed by atoms with Gasteiger partial charge in [0.05, 0.1) is 5.69 Å². The molecule has 0 fully saturated rings. The summed E-state index contributed by atoms with van der Waals surface area (Å²) in [5, 5.41) is 0.788. The predicted octanol–water partition coefficient (Wildman–Crippen LogP) is 3.76. The second kappa shape index (κ2) is 4.17. The Labute approximate surface area is 97.9 Å². The highest BCUT2D eigenvalue weighted by Crippen LogP contribution is 2.29. The van der Waals surface area contributed by atoms with Crippen LogP contribution in [0.15, 0.2) is 30.5 Å². The number of nitrogens with zero attached hydrogens (tertiary/aromatic N) is 2. The average molecular weight is 239 g/mol. The lowest BCUT2D eigenvalue weighted by Gasteiger charge is -2.06. The van der Waals surface area contributed by atoms with Gasteiger partial charge in [0.25, 0.3) is 0 Å². The smallest absolute Gasteiger partial charge is 0.140 e. The van der Waals surface area contributed by atoms with Crippen LogP contribution in [0.3, 0.4) is 0 Å². The molecule has 0 unspecified atom stereocenters. The van der Waals surface area contributed by atoms with Crippen molar-refractivity contribution < 1.29 is 0 Å². The van der Waals surface area contributed by atoms with Gasteiger partial charge in [-0.15, -0.1) is 0 Å². The van der Waals surface area contributed by atoms with Gasteiger partial charge in [-0.05, 0) is 30.7 Å². The van der Waals surface area contributed by atoms with Crippen molar-refractivity contribution in [2.24, 2.45) is 0 Å². The van der Waals surface area contributed by atoms with Crippen molar-refractivity contribution in [3.63, 3.8) is 0 Å². The largest absolute Gasteiger partial charge is 0.256 e. The van der Waals surface area contributed by atoms with E-state index in [9.17, 15) is 0 Å². The maximum absolute atomic E-state index is 6.03. The fourth-order valence-electron chi connectivity index (χ4n) is 1.41. The fourth-order valence-corrected chi connectivity index (χ4v) is 2.04. The molecule has 2 nitrogen and oxygen atoms in total. The van der Waals surface area contributed by atoms with Gasteiger partial charge in [-0.2, -0.15) is 0 Å². The first-order valence-corrected chi connectivity index (χ1v) is 5.18. The summed E-state index contributed by atoms with van der Waals surface area (Å²) < 4.78 is 0. The van der Waals surface area contributed by atoms with Gasteiger partial charge in [-0.25, -0.2) is 4.98 Å². The van der Waals surface area contributed by atoms with Crippen molar-refractivity contribution in [1.82, 2.24) is 9.97 Å². The summed E-state index contributed by atoms with van der Waals surface area (Å²) in [6.07, 6.45) is 1.72. The Bertz CT molecular complexity index is 460. The highest BCUT2D eigenvalue weighted by atomic mass is 35.5. The summed E-state index contributed by atoms with van der Waals surface area (Å²) in [6, 6.07) is 7.43. The van der Waals surface area contributed by atoms with E-state index in [1.807, 2.05) is 25.1 Å². The molecule has 0 bridgehead atoms. The number of halogens is 2. The highest BCUT2D eigenvalue weighted by Gasteiger charge is 2.10. The van der Waals surface area contributed by atoms with Crippen LogP contribution >= 0.6 is 23.2 Å². The monoisotopic (exact) mass is 238 g/mol. The predicted molar refractivity (Wildman–Crippen MR) is 62.2 cm³/mol. The standard InChI is InChI=1S/C11H8Cl2N2/c1-7-6-9(12)15-11(13)10(7)8-4-2-3-5-14-8/h2-6H,1H3. The molecule has 0 aliphatic rings. The second-order valence-corrected chi connectivity index (χ2v) is 3.89. The van der Waals surface area contributed by atoms with E-state index in [1.165, 1.54) is 0 Å². The van der Waals surface area contributed by atoms with Crippen molar-refractivity contribution in [3.8, 4) is 11.3 Å². The Kier molecular flexibility index (Phi) is 2.89. The Morgan fingerprint density at radius 3 is 2.60 bits per heavy atom. The van der Waals surface area contributed by atoms with E-state index in [0.29, 0.717) is 10.3 Å². The van der Waals surface area contributed by atoms with E-state index in [2.05, 4.69) is 9.97 Å². The molecule has 76 valence electrons. The summed E-state index contributed by atoms with van der Waals surface area (Å²) in [4.78, 5) is 8.23. The number of hydrogen-bond acceptors (Lipinski definition) is 2. The van der Waals surface area contributed by atoms with Crippen LogP contribution in [0.5, 0.6) is 0 Å². The first kappa shape index (κ1) is 10.4. The van der Waals surface area contributed by atoms with Crippen molar-refractivity contribution in [2.45, 2.75) is 6.92 Å². The van der Waals surface area contributed by atoms with E-state index in [0.717, 1.165) is 16.8 Å². The molecule has 0 atom stereocenters. The molecule has 0 aliphatic carbocycles. The zero-order valence-corrected chi connectivity index (χ0v) is 9.55. The molecule has 0 aliphatic heterocycles. The quantitative estimate of drug-likeness (QED) is 0.708. The number of aryl methyl sites for hydroxylation is 1. The lowest BCUT2D eigenvalue weighted by Crippen LogP contribution is -1.91. The summed E-state index contributed by atoms with van der Waals surface area (Å²) in [5.41, 5.74) is 2.62. The lowest BCUT2D eigenvalue weighted by molar-refractivity contribution is 1.25. The Balaban J connectivity index is 2.64. The van der Waals surface area contributed by atoms with Gasteiger partial charge >= 0.3 is 0 Å². The minimum Gasteiger partial charge on any atom is -0.256 e. The van der Waals surface area contributed by atoms with E-state index < -0.39 is 0 Å². The third-order valence-corrected chi connectivity index (χ3v) is 2.53. The van der Waals surface area contributed by atoms with Gasteiger partial charge in [0.2, 0.25) is 0 Å². The summed E-state index contributed by atoms with van der Waals surface area (Å²) in [6.45, 7) is 1.93. The van der Waals surface area contributed by atoms with Crippen molar-refractivity contribution >= 4 is 23.2 Å². The maximum Gasteiger partial charge on any atom is 0.140 e. The molecule has 0 amide bonds. The first-order chi connectivity index (χ1) is 7.18. The molecule has 4 heteroatoms. The molecular formula is C11H8Cl2N2. The maximum atomic E-state index is 6.03. The number of pyridine rings is 2. The second-order valence-electron chi connectivity index (χ2n) is 3.14. The molecule has 0 saturated heterocycles. The molecule has 0 aromatic carbocycles. The van der Waals surface area contributed by atoms with Gasteiger partial charge in [-0.3, -0.25) is 4.98 Å². The van der Waals surface area contributed by atoms with Gasteiger partial charge in [-0.1, -0.05) is 29.3 Å². The SMILES string of the molecule is Cc1cc(Cl)nc(Cl)c1-c1ccccn1. The zero-order chi connectivity index (χ0) is 10.8. The molecule has 0 radical (unpaired) electrons. The number of aromatic nitrogens is 2. The van der Waals surface area contributed by atoms with Gasteiger partial charge in [0.1, 0.15) is 10.3 Å². The average Bonchev–Trinajstić information content (AvgIpc) is 2.17. The minimum atomic E-state index is 0.388. The third-order valence-electron chi connectivity index (χ3n) is 2.06. The van der Waals surface area contributed by atoms with Crippen LogP contribution in [0.2, 0.25) is 10.3 Å². The molecule has 2 rings (SSSR count). The molecule has 0 saturated carbocycles. The molecule has 2 aromatic heterocycles. The van der Waals surface area contributed by atoms with Crippen molar-refractivity contribution in [3.05, 3.63) is 46.3 Å². The lowest BCUT2D eigenvalue weighted by atomic mass is 10.1. The molecule has 0 N–H and O–H groups in total. The molecular weight excluding hydrogens is 231 g/mol. The Hall–Kier alpha value is -1.12. The van der Waals surface area contributed by atoms with Gasteiger partial charge < -0.3 is 0 Å². The van der Waals surface area contributed by atoms with Crippen molar-refractivity contribution in [1.29, 1.82) is 0 Å². The summed E-state index contributed by atoms with van der Waals surface area (Å²) >= 11 is 11.8. The van der Waals surface area contributed by atoms with Gasteiger partial charge in [0, 0.05) is 11.8 Å². The van der Waals surface area contributed by atoms with Crippen LogP contribution in [-0.4, -0.2) is 9.97 Å². The summed E-state index contributed by atoms with van der Waals surface area (Å²) in [5.74, 6) is 0. The molecule has 0 spiro atoms. The van der Waals surface area contributed by atoms with Crippen LogP contribution in [0.1, 0.15) is 5.56 Å². The fraction of sp³-hybridized carbons (Fsp3) is 0.0909. The summed E-state index contributed by atoms with van der Waals surface area (Å²) in [7, 11) is 0. The topological polar surface area (TPSA) is 25.8 Å². The Morgan fingerprint density at radius 2 is 2.00 bits per heavy atom. The molecule has 15 heavy (non-hydrogen) atoms. The first-order valence-electron chi connectivity index (χ1n) is 4.42. The van der Waals surface area contributed by atoms with Crippen LogP contribution in [0, 0.1) is 6.92 Å². The van der Waals surface area contributed by atoms with E-state index >= 15 is 0 Å². The third kappa shape index (κ3) is 2.11. The normalized spacial score (nSPS) is 10.3. The van der Waals surface area contributed by atoms with Crippen LogP contribution in [0.4, 0.5) is 0 Å². The van der Waals surface area contributed by atoms with Gasteiger partial charge in [0.15, 0.2) is 0 Å². The number of hydrogen-bond donors (Lipinski definition) is 0. The molecule has 2 heterocycles.